The van der Waals surface area contributed by atoms with E-state index in [4.69, 9.17) is 20.5 Å². The van der Waals surface area contributed by atoms with Crippen LogP contribution in [0.25, 0.3) is 0 Å². The van der Waals surface area contributed by atoms with E-state index < -0.39 is 11.8 Å². The van der Waals surface area contributed by atoms with Gasteiger partial charge < -0.3 is 15.2 Å². The van der Waals surface area contributed by atoms with E-state index in [1.54, 1.807) is 42.5 Å². The molecular formula is C33H28N4O4. The Morgan fingerprint density at radius 1 is 0.683 bits per heavy atom. The van der Waals surface area contributed by atoms with E-state index in [9.17, 15) is 14.9 Å². The summed E-state index contributed by atoms with van der Waals surface area (Å²) in [6, 6.07) is 31.1. The minimum Gasteiger partial charge on any atom is -0.493 e. The van der Waals surface area contributed by atoms with Crippen LogP contribution in [0.15, 0.2) is 97.1 Å². The average Bonchev–Trinajstić information content (AvgIpc) is 3.03. The standard InChI is InChI=1S/C33H28N4O4/c34-20-24-5-11-28(12-6-24)32(38)37(33(39)29-4-1-3-27(19-29)22-36)23-26-9-15-31(16-10-26)41-18-2-17-40-30-13-7-25(21-35)8-14-30/h1,3-16,19H,2,17-18,21,23,35H2. The molecule has 0 heterocycles. The number of amides is 2. The normalized spacial score (nSPS) is 10.2. The number of rotatable bonds is 11. The predicted octanol–water partition coefficient (Wildman–Crippen LogP) is 5.22. The third-order valence-electron chi connectivity index (χ3n) is 6.24. The first-order valence-corrected chi connectivity index (χ1v) is 13.0. The van der Waals surface area contributed by atoms with Crippen LogP contribution in [0, 0.1) is 22.7 Å². The summed E-state index contributed by atoms with van der Waals surface area (Å²) in [5.74, 6) is 0.383. The number of nitrogens with zero attached hydrogens (tertiary/aromatic N) is 3. The van der Waals surface area contributed by atoms with Gasteiger partial charge in [-0.25, -0.2) is 0 Å². The summed E-state index contributed by atoms with van der Waals surface area (Å²) in [6.07, 6.45) is 0.684. The second-order valence-electron chi connectivity index (χ2n) is 9.12. The molecule has 0 saturated heterocycles. The van der Waals surface area contributed by atoms with Crippen LogP contribution < -0.4 is 15.2 Å². The summed E-state index contributed by atoms with van der Waals surface area (Å²) < 4.78 is 11.5. The fourth-order valence-electron chi connectivity index (χ4n) is 3.99. The molecule has 0 atom stereocenters. The Morgan fingerprint density at radius 3 is 1.80 bits per heavy atom. The summed E-state index contributed by atoms with van der Waals surface area (Å²) >= 11 is 0. The summed E-state index contributed by atoms with van der Waals surface area (Å²) in [6.45, 7) is 1.45. The number of nitriles is 2. The highest BCUT2D eigenvalue weighted by molar-refractivity contribution is 6.10. The Bertz CT molecular complexity index is 1570. The van der Waals surface area contributed by atoms with Gasteiger partial charge in [0.2, 0.25) is 0 Å². The van der Waals surface area contributed by atoms with E-state index in [1.807, 2.05) is 36.4 Å². The Hall–Kier alpha value is -5.44. The monoisotopic (exact) mass is 544 g/mol. The molecule has 0 aliphatic carbocycles. The van der Waals surface area contributed by atoms with Crippen LogP contribution in [0.4, 0.5) is 0 Å². The zero-order valence-electron chi connectivity index (χ0n) is 22.3. The van der Waals surface area contributed by atoms with Crippen molar-refractivity contribution in [3.05, 3.63) is 130 Å². The van der Waals surface area contributed by atoms with Crippen LogP contribution in [-0.2, 0) is 13.1 Å². The van der Waals surface area contributed by atoms with Gasteiger partial charge in [-0.1, -0.05) is 30.3 Å². The van der Waals surface area contributed by atoms with Crippen molar-refractivity contribution in [2.75, 3.05) is 13.2 Å². The van der Waals surface area contributed by atoms with E-state index in [-0.39, 0.29) is 17.7 Å². The molecule has 2 amide bonds. The van der Waals surface area contributed by atoms with Gasteiger partial charge in [-0.3, -0.25) is 14.5 Å². The maximum absolute atomic E-state index is 13.5. The van der Waals surface area contributed by atoms with Gasteiger partial charge in [0.1, 0.15) is 11.5 Å². The average molecular weight is 545 g/mol. The molecule has 0 fully saturated rings. The molecule has 2 N–H and O–H groups in total. The van der Waals surface area contributed by atoms with Gasteiger partial charge in [-0.2, -0.15) is 10.5 Å². The molecule has 0 bridgehead atoms. The van der Waals surface area contributed by atoms with Crippen molar-refractivity contribution < 1.29 is 19.1 Å². The van der Waals surface area contributed by atoms with Crippen LogP contribution in [-0.4, -0.2) is 29.9 Å². The smallest absolute Gasteiger partial charge is 0.261 e. The van der Waals surface area contributed by atoms with Crippen LogP contribution in [0.1, 0.15) is 49.4 Å². The van der Waals surface area contributed by atoms with Crippen LogP contribution in [0.5, 0.6) is 11.5 Å². The highest BCUT2D eigenvalue weighted by atomic mass is 16.5. The molecule has 0 radical (unpaired) electrons. The van der Waals surface area contributed by atoms with Crippen molar-refractivity contribution >= 4 is 11.8 Å². The number of ether oxygens (including phenoxy) is 2. The zero-order chi connectivity index (χ0) is 29.0. The number of nitrogens with two attached hydrogens (primary N) is 1. The molecule has 4 aromatic carbocycles. The molecular weight excluding hydrogens is 516 g/mol. The molecule has 0 aliphatic rings. The Labute approximate surface area is 238 Å². The van der Waals surface area contributed by atoms with Crippen molar-refractivity contribution in [2.45, 2.75) is 19.5 Å². The quantitative estimate of drug-likeness (QED) is 0.202. The maximum atomic E-state index is 13.5. The molecule has 4 aromatic rings. The topological polar surface area (TPSA) is 129 Å². The zero-order valence-corrected chi connectivity index (χ0v) is 22.3. The fourth-order valence-corrected chi connectivity index (χ4v) is 3.99. The van der Waals surface area contributed by atoms with Gasteiger partial charge in [0.25, 0.3) is 11.8 Å². The third-order valence-corrected chi connectivity index (χ3v) is 6.24. The van der Waals surface area contributed by atoms with Crippen molar-refractivity contribution in [1.29, 1.82) is 10.5 Å². The number of benzene rings is 4. The molecule has 0 unspecified atom stereocenters. The second kappa shape index (κ2) is 14.1. The third kappa shape index (κ3) is 7.79. The van der Waals surface area contributed by atoms with Gasteiger partial charge in [-0.05, 0) is 77.9 Å². The largest absolute Gasteiger partial charge is 0.493 e. The summed E-state index contributed by atoms with van der Waals surface area (Å²) in [7, 11) is 0. The SMILES string of the molecule is N#Cc1ccc(C(=O)N(Cc2ccc(OCCCOc3ccc(CN)cc3)cc2)C(=O)c2cccc(C#N)c2)cc1. The molecule has 4 rings (SSSR count). The van der Waals surface area contributed by atoms with Crippen molar-refractivity contribution in [1.82, 2.24) is 4.90 Å². The Balaban J connectivity index is 1.40. The van der Waals surface area contributed by atoms with Crippen LogP contribution in [0.3, 0.4) is 0 Å². The van der Waals surface area contributed by atoms with E-state index in [2.05, 4.69) is 0 Å². The van der Waals surface area contributed by atoms with Crippen LogP contribution >= 0.6 is 0 Å². The van der Waals surface area contributed by atoms with Crippen molar-refractivity contribution in [2.24, 2.45) is 5.73 Å². The van der Waals surface area contributed by atoms with E-state index >= 15 is 0 Å². The molecule has 8 nitrogen and oxygen atoms in total. The van der Waals surface area contributed by atoms with E-state index in [0.717, 1.165) is 16.2 Å². The summed E-state index contributed by atoms with van der Waals surface area (Å²) in [5.41, 5.74) is 8.59. The molecule has 41 heavy (non-hydrogen) atoms. The highest BCUT2D eigenvalue weighted by Crippen LogP contribution is 2.19. The predicted molar refractivity (Wildman–Crippen MR) is 153 cm³/mol. The van der Waals surface area contributed by atoms with Gasteiger partial charge in [0.15, 0.2) is 0 Å². The van der Waals surface area contributed by atoms with Crippen LogP contribution in [0.2, 0.25) is 0 Å². The molecule has 0 aliphatic heterocycles. The number of carbonyl (C=O) groups excluding carboxylic acids is 2. The fraction of sp³-hybridized carbons (Fsp3) is 0.152. The first-order chi connectivity index (χ1) is 20.0. The first-order valence-electron chi connectivity index (χ1n) is 13.0. The maximum Gasteiger partial charge on any atom is 0.261 e. The lowest BCUT2D eigenvalue weighted by Gasteiger charge is -2.22. The van der Waals surface area contributed by atoms with Gasteiger partial charge in [0.05, 0.1) is 43.0 Å². The van der Waals surface area contributed by atoms with Crippen molar-refractivity contribution in [3.8, 4) is 23.6 Å². The van der Waals surface area contributed by atoms with Crippen molar-refractivity contribution in [3.63, 3.8) is 0 Å². The lowest BCUT2D eigenvalue weighted by atomic mass is 10.1. The summed E-state index contributed by atoms with van der Waals surface area (Å²) in [4.78, 5) is 28.0. The Kier molecular flexibility index (Phi) is 9.82. The number of hydrogen-bond donors (Lipinski definition) is 1. The van der Waals surface area contributed by atoms with Gasteiger partial charge in [0, 0.05) is 24.1 Å². The number of imide groups is 1. The lowest BCUT2D eigenvalue weighted by molar-refractivity contribution is 0.0603. The lowest BCUT2D eigenvalue weighted by Crippen LogP contribution is -2.36. The minimum atomic E-state index is -0.533. The van der Waals surface area contributed by atoms with E-state index in [1.165, 1.54) is 30.3 Å². The highest BCUT2D eigenvalue weighted by Gasteiger charge is 2.25. The minimum absolute atomic E-state index is 0.00547. The first kappa shape index (κ1) is 28.6. The molecule has 0 spiro atoms. The summed E-state index contributed by atoms with van der Waals surface area (Å²) in [5, 5.41) is 18.3. The van der Waals surface area contributed by atoms with Gasteiger partial charge in [-0.15, -0.1) is 0 Å². The Morgan fingerprint density at radius 2 is 1.24 bits per heavy atom. The second-order valence-corrected chi connectivity index (χ2v) is 9.12. The number of hydrogen-bond acceptors (Lipinski definition) is 7. The molecule has 204 valence electrons. The molecule has 8 heteroatoms. The number of carbonyl (C=O) groups is 2. The van der Waals surface area contributed by atoms with Gasteiger partial charge >= 0.3 is 0 Å². The molecule has 0 aromatic heterocycles. The molecule has 0 saturated carbocycles. The van der Waals surface area contributed by atoms with E-state index in [0.29, 0.717) is 48.6 Å².